The molecule has 2 N–H and O–H groups in total. The highest BCUT2D eigenvalue weighted by atomic mass is 35.5. The Labute approximate surface area is 125 Å². The average molecular weight is 335 g/mol. The molecule has 0 aliphatic carbocycles. The molecule has 0 fully saturated rings. The Morgan fingerprint density at radius 1 is 1.47 bits per heavy atom. The molecule has 1 aromatic carbocycles. The first kappa shape index (κ1) is 18.4. The Morgan fingerprint density at radius 2 is 2.05 bits per heavy atom. The molecular weight excluding hydrogens is 322 g/mol. The maximum atomic E-state index is 13.7. The number of alkyl halides is 1. The van der Waals surface area contributed by atoms with Gasteiger partial charge in [0.25, 0.3) is 0 Å². The molecule has 0 heterocycles. The first-order valence-corrected chi connectivity index (χ1v) is 5.85. The third-order valence-electron chi connectivity index (χ3n) is 2.24. The Balaban J connectivity index is 0.00000324. The molecule has 0 bridgehead atoms. The summed E-state index contributed by atoms with van der Waals surface area (Å²) >= 11 is 11.4. The highest BCUT2D eigenvalue weighted by molar-refractivity contribution is 6.42. The van der Waals surface area contributed by atoms with E-state index in [2.05, 4.69) is 4.74 Å². The molecule has 2 atom stereocenters. The van der Waals surface area contributed by atoms with Gasteiger partial charge in [0.15, 0.2) is 0 Å². The van der Waals surface area contributed by atoms with Crippen molar-refractivity contribution in [3.05, 3.63) is 33.6 Å². The Hall–Kier alpha value is -0.620. The summed E-state index contributed by atoms with van der Waals surface area (Å²) in [6.45, 7) is 1.51. The largest absolute Gasteiger partial charge is 0.464 e. The SMILES string of the molecule is CCOC(=O)C(F)[C@H](N)c1c(F)ccc(Cl)c1Cl.Cl. The van der Waals surface area contributed by atoms with Crippen LogP contribution in [0.1, 0.15) is 18.5 Å². The first-order chi connectivity index (χ1) is 8.40. The van der Waals surface area contributed by atoms with Crippen LogP contribution in [-0.2, 0) is 9.53 Å². The Morgan fingerprint density at radius 3 is 2.58 bits per heavy atom. The molecule has 0 aromatic heterocycles. The van der Waals surface area contributed by atoms with Gasteiger partial charge in [-0.15, -0.1) is 12.4 Å². The molecule has 1 aromatic rings. The van der Waals surface area contributed by atoms with Crippen molar-refractivity contribution in [2.24, 2.45) is 5.73 Å². The van der Waals surface area contributed by atoms with Crippen LogP contribution in [0.15, 0.2) is 12.1 Å². The Kier molecular flexibility index (Phi) is 7.59. The van der Waals surface area contributed by atoms with Crippen molar-refractivity contribution in [2.75, 3.05) is 6.61 Å². The van der Waals surface area contributed by atoms with Gasteiger partial charge in [0.2, 0.25) is 6.17 Å². The molecule has 19 heavy (non-hydrogen) atoms. The average Bonchev–Trinajstić information content (AvgIpc) is 2.33. The zero-order chi connectivity index (χ0) is 13.9. The van der Waals surface area contributed by atoms with Crippen LogP contribution >= 0.6 is 35.6 Å². The minimum Gasteiger partial charge on any atom is -0.464 e. The minimum atomic E-state index is -2.21. The number of hydrogen-bond acceptors (Lipinski definition) is 3. The van der Waals surface area contributed by atoms with Crippen LogP contribution in [0.5, 0.6) is 0 Å². The van der Waals surface area contributed by atoms with Crippen LogP contribution in [-0.4, -0.2) is 18.7 Å². The quantitative estimate of drug-likeness (QED) is 0.678. The number of hydrogen-bond donors (Lipinski definition) is 1. The maximum Gasteiger partial charge on any atom is 0.342 e. The lowest BCUT2D eigenvalue weighted by Gasteiger charge is -2.18. The van der Waals surface area contributed by atoms with Gasteiger partial charge in [-0.3, -0.25) is 0 Å². The number of carbonyl (C=O) groups excluding carboxylic acids is 1. The van der Waals surface area contributed by atoms with Gasteiger partial charge in [-0.25, -0.2) is 13.6 Å². The topological polar surface area (TPSA) is 52.3 Å². The van der Waals surface area contributed by atoms with Crippen molar-refractivity contribution in [3.63, 3.8) is 0 Å². The number of benzene rings is 1. The van der Waals surface area contributed by atoms with Crippen LogP contribution in [0, 0.1) is 5.82 Å². The van der Waals surface area contributed by atoms with Gasteiger partial charge >= 0.3 is 5.97 Å². The van der Waals surface area contributed by atoms with Gasteiger partial charge in [-0.05, 0) is 19.1 Å². The van der Waals surface area contributed by atoms with Crippen LogP contribution in [0.4, 0.5) is 8.78 Å². The van der Waals surface area contributed by atoms with Crippen molar-refractivity contribution >= 4 is 41.6 Å². The molecule has 1 unspecified atom stereocenters. The molecule has 0 spiro atoms. The summed E-state index contributed by atoms with van der Waals surface area (Å²) in [5.41, 5.74) is 5.14. The predicted molar refractivity (Wildman–Crippen MR) is 72.1 cm³/mol. The maximum absolute atomic E-state index is 13.7. The number of rotatable bonds is 4. The highest BCUT2D eigenvalue weighted by Gasteiger charge is 2.31. The fourth-order valence-corrected chi connectivity index (χ4v) is 1.81. The van der Waals surface area contributed by atoms with Crippen molar-refractivity contribution < 1.29 is 18.3 Å². The van der Waals surface area contributed by atoms with Crippen molar-refractivity contribution in [3.8, 4) is 0 Å². The molecule has 108 valence electrons. The van der Waals surface area contributed by atoms with E-state index in [-0.39, 0.29) is 34.6 Å². The van der Waals surface area contributed by atoms with E-state index in [0.29, 0.717) is 0 Å². The number of esters is 1. The normalized spacial score (nSPS) is 13.4. The fourth-order valence-electron chi connectivity index (χ4n) is 1.36. The minimum absolute atomic E-state index is 0. The van der Waals surface area contributed by atoms with Crippen molar-refractivity contribution in [2.45, 2.75) is 19.1 Å². The van der Waals surface area contributed by atoms with Crippen molar-refractivity contribution in [1.82, 2.24) is 0 Å². The lowest BCUT2D eigenvalue weighted by atomic mass is 10.0. The van der Waals surface area contributed by atoms with Gasteiger partial charge < -0.3 is 10.5 Å². The monoisotopic (exact) mass is 333 g/mol. The van der Waals surface area contributed by atoms with Crippen molar-refractivity contribution in [1.29, 1.82) is 0 Å². The van der Waals surface area contributed by atoms with Crippen LogP contribution in [0.3, 0.4) is 0 Å². The summed E-state index contributed by atoms with van der Waals surface area (Å²) in [5.74, 6) is -2.00. The second-order valence-corrected chi connectivity index (χ2v) is 4.22. The molecule has 0 aliphatic heterocycles. The molecular formula is C11H12Cl3F2NO2. The van der Waals surface area contributed by atoms with E-state index in [9.17, 15) is 13.6 Å². The standard InChI is InChI=1S/C11H11Cl2F2NO2.ClH/c1-2-18-11(17)9(15)10(16)7-6(14)4-3-5(12)8(7)13;/h3-4,9-10H,2,16H2,1H3;1H/t9?,10-;/m1./s1. The van der Waals surface area contributed by atoms with E-state index < -0.39 is 24.0 Å². The summed E-state index contributed by atoms with van der Waals surface area (Å²) in [6.07, 6.45) is -2.21. The zero-order valence-electron chi connectivity index (χ0n) is 9.83. The molecule has 0 amide bonds. The number of halogens is 5. The summed E-state index contributed by atoms with van der Waals surface area (Å²) in [4.78, 5) is 11.2. The third kappa shape index (κ3) is 4.18. The van der Waals surface area contributed by atoms with Gasteiger partial charge in [0.1, 0.15) is 5.82 Å². The summed E-state index contributed by atoms with van der Waals surface area (Å²) in [5, 5.41) is -0.185. The van der Waals surface area contributed by atoms with E-state index in [1.165, 1.54) is 13.0 Å². The first-order valence-electron chi connectivity index (χ1n) is 5.09. The molecule has 1 rings (SSSR count). The molecule has 8 heteroatoms. The molecule has 0 radical (unpaired) electrons. The predicted octanol–water partition coefficient (Wildman–Crippen LogP) is 3.46. The third-order valence-corrected chi connectivity index (χ3v) is 3.06. The van der Waals surface area contributed by atoms with E-state index in [4.69, 9.17) is 28.9 Å². The lowest BCUT2D eigenvalue weighted by Crippen LogP contribution is -2.32. The molecule has 0 aliphatic rings. The fraction of sp³-hybridized carbons (Fsp3) is 0.364. The van der Waals surface area contributed by atoms with Gasteiger partial charge in [0, 0.05) is 5.56 Å². The van der Waals surface area contributed by atoms with E-state index in [0.717, 1.165) is 6.07 Å². The van der Waals surface area contributed by atoms with E-state index in [1.54, 1.807) is 0 Å². The molecule has 0 saturated heterocycles. The second-order valence-electron chi connectivity index (χ2n) is 3.44. The highest BCUT2D eigenvalue weighted by Crippen LogP contribution is 2.33. The number of carbonyl (C=O) groups is 1. The summed E-state index contributed by atoms with van der Waals surface area (Å²) in [6, 6.07) is 0.643. The van der Waals surface area contributed by atoms with E-state index in [1.807, 2.05) is 0 Å². The van der Waals surface area contributed by atoms with Gasteiger partial charge in [0.05, 0.1) is 22.7 Å². The molecule has 3 nitrogen and oxygen atoms in total. The summed E-state index contributed by atoms with van der Waals surface area (Å²) in [7, 11) is 0. The van der Waals surface area contributed by atoms with Gasteiger partial charge in [-0.1, -0.05) is 23.2 Å². The van der Waals surface area contributed by atoms with Crippen LogP contribution in [0.2, 0.25) is 10.0 Å². The lowest BCUT2D eigenvalue weighted by molar-refractivity contribution is -0.149. The van der Waals surface area contributed by atoms with Gasteiger partial charge in [-0.2, -0.15) is 0 Å². The molecule has 0 saturated carbocycles. The Bertz CT molecular complexity index is 460. The van der Waals surface area contributed by atoms with Crippen LogP contribution in [0.25, 0.3) is 0 Å². The zero-order valence-corrected chi connectivity index (χ0v) is 12.2. The number of ether oxygens (including phenoxy) is 1. The summed E-state index contributed by atoms with van der Waals surface area (Å²) < 4.78 is 31.7. The second kappa shape index (κ2) is 7.85. The number of nitrogens with two attached hydrogens (primary N) is 1. The smallest absolute Gasteiger partial charge is 0.342 e. The van der Waals surface area contributed by atoms with E-state index >= 15 is 0 Å². The van der Waals surface area contributed by atoms with Crippen LogP contribution < -0.4 is 5.73 Å².